The molecule has 1 aliphatic rings. The van der Waals surface area contributed by atoms with Crippen LogP contribution in [0.3, 0.4) is 0 Å². The quantitative estimate of drug-likeness (QED) is 0.564. The first-order chi connectivity index (χ1) is 2.89. The van der Waals surface area contributed by atoms with Gasteiger partial charge in [-0.2, -0.15) is 0 Å². The second kappa shape index (κ2) is 1.88. The van der Waals surface area contributed by atoms with Gasteiger partial charge in [-0.05, 0) is 0 Å². The average molecular weight is 276 g/mol. The fraction of sp³-hybridized carbons (Fsp3) is 0.200. The number of hydrogen-bond donors (Lipinski definition) is 0. The Hall–Kier alpha value is 0.363. The fourth-order valence-corrected chi connectivity index (χ4v) is 1.42. The van der Waals surface area contributed by atoms with E-state index in [1.807, 2.05) is 0 Å². The van der Waals surface area contributed by atoms with E-state index in [9.17, 15) is 0 Å². The molecular weight excluding hydrogens is 269 g/mol. The standard InChI is InChI=1S/C5H5.Bi.2H/c1-2-4-5-3-1;;;/h1-3H,4H2;;;. The van der Waals surface area contributed by atoms with E-state index in [0.717, 1.165) is 24.7 Å². The van der Waals surface area contributed by atoms with Crippen LogP contribution in [-0.2, 0) is 0 Å². The van der Waals surface area contributed by atoms with Gasteiger partial charge in [0.15, 0.2) is 0 Å². The van der Waals surface area contributed by atoms with Crippen molar-refractivity contribution in [2.45, 2.75) is 6.42 Å². The van der Waals surface area contributed by atoms with Gasteiger partial charge in [0, 0.05) is 0 Å². The SMILES string of the molecule is [BiH2][C]1=CC=CC1. The zero-order valence-electron chi connectivity index (χ0n) is 3.52. The van der Waals surface area contributed by atoms with Crippen molar-refractivity contribution >= 4 is 24.7 Å². The summed E-state index contributed by atoms with van der Waals surface area (Å²) in [7, 11) is 0. The molecule has 1 aliphatic carbocycles. The van der Waals surface area contributed by atoms with Gasteiger partial charge in [-0.1, -0.05) is 0 Å². The number of allylic oxidation sites excluding steroid dienone is 4. The van der Waals surface area contributed by atoms with Crippen molar-refractivity contribution in [2.24, 2.45) is 0 Å². The van der Waals surface area contributed by atoms with Crippen LogP contribution >= 0.6 is 0 Å². The Kier molecular flexibility index (Phi) is 1.42. The molecular formula is C5H7Bi. The Bertz CT molecular complexity index is 101. The van der Waals surface area contributed by atoms with Gasteiger partial charge in [0.05, 0.1) is 0 Å². The zero-order chi connectivity index (χ0) is 4.41. The molecule has 0 fully saturated rings. The van der Waals surface area contributed by atoms with Gasteiger partial charge in [0.2, 0.25) is 0 Å². The van der Waals surface area contributed by atoms with Gasteiger partial charge in [-0.15, -0.1) is 0 Å². The molecule has 0 aliphatic heterocycles. The summed E-state index contributed by atoms with van der Waals surface area (Å²) in [4.78, 5) is 0. The summed E-state index contributed by atoms with van der Waals surface area (Å²) in [5, 5.41) is 0. The van der Waals surface area contributed by atoms with Gasteiger partial charge in [-0.25, -0.2) is 0 Å². The predicted molar refractivity (Wildman–Crippen MR) is 30.4 cm³/mol. The van der Waals surface area contributed by atoms with Crippen molar-refractivity contribution in [1.29, 1.82) is 0 Å². The first-order valence-corrected chi connectivity index (χ1v) is 4.25. The van der Waals surface area contributed by atoms with E-state index >= 15 is 0 Å². The fourth-order valence-electron chi connectivity index (χ4n) is 0.464. The summed E-state index contributed by atoms with van der Waals surface area (Å²) in [5.74, 6) is 0. The molecule has 0 heterocycles. The molecule has 0 spiro atoms. The molecule has 0 aromatic carbocycles. The van der Waals surface area contributed by atoms with Crippen LogP contribution < -0.4 is 0 Å². The predicted octanol–water partition coefficient (Wildman–Crippen LogP) is 0.463. The van der Waals surface area contributed by atoms with Crippen molar-refractivity contribution < 1.29 is 0 Å². The molecule has 0 amide bonds. The van der Waals surface area contributed by atoms with Crippen molar-refractivity contribution in [3.63, 3.8) is 0 Å². The number of rotatable bonds is 0. The molecule has 0 saturated heterocycles. The summed E-state index contributed by atoms with van der Waals surface area (Å²) in [6, 6.07) is 0. The monoisotopic (exact) mass is 276 g/mol. The minimum atomic E-state index is 1.07. The van der Waals surface area contributed by atoms with Gasteiger partial charge < -0.3 is 0 Å². The second-order valence-electron chi connectivity index (χ2n) is 1.37. The van der Waals surface area contributed by atoms with E-state index in [-0.39, 0.29) is 0 Å². The Morgan fingerprint density at radius 3 is 2.67 bits per heavy atom. The van der Waals surface area contributed by atoms with E-state index in [2.05, 4.69) is 18.2 Å². The molecule has 0 atom stereocenters. The van der Waals surface area contributed by atoms with Gasteiger partial charge in [-0.3, -0.25) is 0 Å². The van der Waals surface area contributed by atoms with Crippen LogP contribution in [0, 0.1) is 0 Å². The van der Waals surface area contributed by atoms with Crippen LogP contribution in [0.2, 0.25) is 0 Å². The molecule has 0 N–H and O–H groups in total. The van der Waals surface area contributed by atoms with Crippen LogP contribution in [0.25, 0.3) is 0 Å². The third-order valence-electron chi connectivity index (χ3n) is 0.800. The number of hydrogen-bond acceptors (Lipinski definition) is 0. The normalized spacial score (nSPS) is 18.5. The van der Waals surface area contributed by atoms with Crippen molar-refractivity contribution in [3.05, 3.63) is 21.5 Å². The maximum atomic E-state index is 2.21. The van der Waals surface area contributed by atoms with E-state index in [4.69, 9.17) is 0 Å². The maximum absolute atomic E-state index is 2.21. The van der Waals surface area contributed by atoms with Crippen molar-refractivity contribution in [2.75, 3.05) is 0 Å². The molecule has 32 valence electrons. The van der Waals surface area contributed by atoms with E-state index in [1.54, 1.807) is 3.28 Å². The summed E-state index contributed by atoms with van der Waals surface area (Å²) in [5.41, 5.74) is 0. The van der Waals surface area contributed by atoms with Gasteiger partial charge >= 0.3 is 52.6 Å². The molecule has 0 radical (unpaired) electrons. The molecule has 6 heavy (non-hydrogen) atoms. The summed E-state index contributed by atoms with van der Waals surface area (Å²) in [6.45, 7) is 0. The van der Waals surface area contributed by atoms with E-state index in [0.29, 0.717) is 0 Å². The molecule has 0 nitrogen and oxygen atoms in total. The third kappa shape index (κ3) is 0.910. The average Bonchev–Trinajstić information content (AvgIpc) is 1.86. The van der Waals surface area contributed by atoms with Gasteiger partial charge in [0.1, 0.15) is 0 Å². The first kappa shape index (κ1) is 4.52. The summed E-state index contributed by atoms with van der Waals surface area (Å²) < 4.78 is 1.63. The molecule has 0 bridgehead atoms. The summed E-state index contributed by atoms with van der Waals surface area (Å²) >= 11 is 1.07. The van der Waals surface area contributed by atoms with Crippen molar-refractivity contribution in [3.8, 4) is 0 Å². The zero-order valence-corrected chi connectivity index (χ0v) is 8.01. The topological polar surface area (TPSA) is 0 Å². The molecule has 1 rings (SSSR count). The summed E-state index contributed by atoms with van der Waals surface area (Å²) in [6.07, 6.45) is 7.79. The Morgan fingerprint density at radius 2 is 2.50 bits per heavy atom. The van der Waals surface area contributed by atoms with Gasteiger partial charge in [0.25, 0.3) is 0 Å². The van der Waals surface area contributed by atoms with Crippen LogP contribution in [0.5, 0.6) is 0 Å². The van der Waals surface area contributed by atoms with E-state index in [1.165, 1.54) is 6.42 Å². The van der Waals surface area contributed by atoms with Crippen molar-refractivity contribution in [1.82, 2.24) is 0 Å². The minimum absolute atomic E-state index is 1.07. The molecule has 0 unspecified atom stereocenters. The van der Waals surface area contributed by atoms with Crippen LogP contribution in [0.1, 0.15) is 6.42 Å². The Labute approximate surface area is 52.8 Å². The van der Waals surface area contributed by atoms with E-state index < -0.39 is 0 Å². The molecule has 1 heteroatoms. The Balaban J connectivity index is 2.61. The van der Waals surface area contributed by atoms with Crippen LogP contribution in [0.15, 0.2) is 21.5 Å². The second-order valence-corrected chi connectivity index (χ2v) is 4.26. The third-order valence-corrected chi connectivity index (χ3v) is 2.46. The Morgan fingerprint density at radius 1 is 1.67 bits per heavy atom. The molecule has 0 saturated carbocycles. The van der Waals surface area contributed by atoms with Crippen LogP contribution in [-0.4, -0.2) is 24.7 Å². The first-order valence-electron chi connectivity index (χ1n) is 2.01. The molecule has 0 aromatic heterocycles. The van der Waals surface area contributed by atoms with Crippen LogP contribution in [0.4, 0.5) is 0 Å². The molecule has 0 aromatic rings.